The zero-order valence-electron chi connectivity index (χ0n) is 14.0. The van der Waals surface area contributed by atoms with Gasteiger partial charge in [-0.3, -0.25) is 4.90 Å². The Labute approximate surface area is 140 Å². The van der Waals surface area contributed by atoms with E-state index in [4.69, 9.17) is 0 Å². The molecule has 1 saturated heterocycles. The molecule has 0 unspecified atom stereocenters. The van der Waals surface area contributed by atoms with Gasteiger partial charge in [-0.05, 0) is 26.7 Å². The SMILES string of the molecule is Cc1cc2ncc3c(n2n1)C[C@H]1CC[C@H]3N1Cc1cnc(C)nc1. The van der Waals surface area contributed by atoms with E-state index in [0.717, 1.165) is 30.1 Å². The summed E-state index contributed by atoms with van der Waals surface area (Å²) in [6.45, 7) is 4.86. The zero-order chi connectivity index (χ0) is 16.3. The molecule has 3 aromatic rings. The van der Waals surface area contributed by atoms with Crippen molar-refractivity contribution in [1.29, 1.82) is 0 Å². The van der Waals surface area contributed by atoms with Crippen molar-refractivity contribution < 1.29 is 0 Å². The molecule has 0 aliphatic carbocycles. The molecule has 0 aromatic carbocycles. The van der Waals surface area contributed by atoms with Crippen LogP contribution in [0.1, 0.15) is 47.2 Å². The van der Waals surface area contributed by atoms with Gasteiger partial charge in [0.25, 0.3) is 0 Å². The van der Waals surface area contributed by atoms with E-state index in [2.05, 4.69) is 41.7 Å². The van der Waals surface area contributed by atoms with Gasteiger partial charge in [-0.25, -0.2) is 19.5 Å². The quantitative estimate of drug-likeness (QED) is 0.725. The molecule has 1 fully saturated rings. The van der Waals surface area contributed by atoms with E-state index in [1.165, 1.54) is 29.7 Å². The predicted octanol–water partition coefficient (Wildman–Crippen LogP) is 2.40. The van der Waals surface area contributed by atoms with Crippen LogP contribution in [0.3, 0.4) is 0 Å². The first-order valence-electron chi connectivity index (χ1n) is 8.56. The molecule has 2 aliphatic rings. The van der Waals surface area contributed by atoms with E-state index in [1.54, 1.807) is 0 Å². The summed E-state index contributed by atoms with van der Waals surface area (Å²) < 4.78 is 2.06. The number of aryl methyl sites for hydroxylation is 2. The molecule has 0 spiro atoms. The molecule has 0 radical (unpaired) electrons. The van der Waals surface area contributed by atoms with Crippen LogP contribution in [0.5, 0.6) is 0 Å². The standard InChI is InChI=1S/C18H20N6/c1-11-5-18-21-9-15-16-4-3-14(6-17(15)24(18)22-11)23(16)10-13-7-19-12(2)20-8-13/h5,7-9,14,16H,3-4,6,10H2,1-2H3/t14-,16-/m1/s1. The topological polar surface area (TPSA) is 59.2 Å². The monoisotopic (exact) mass is 320 g/mol. The lowest BCUT2D eigenvalue weighted by molar-refractivity contribution is 0.164. The maximum atomic E-state index is 4.66. The van der Waals surface area contributed by atoms with Gasteiger partial charge in [0.1, 0.15) is 5.82 Å². The van der Waals surface area contributed by atoms with E-state index in [1.807, 2.05) is 26.2 Å². The van der Waals surface area contributed by atoms with E-state index in [0.29, 0.717) is 12.1 Å². The third-order valence-corrected chi connectivity index (χ3v) is 5.37. The molecular weight excluding hydrogens is 300 g/mol. The summed E-state index contributed by atoms with van der Waals surface area (Å²) in [6.07, 6.45) is 9.44. The summed E-state index contributed by atoms with van der Waals surface area (Å²) in [6, 6.07) is 3.05. The Balaban J connectivity index is 1.53. The summed E-state index contributed by atoms with van der Waals surface area (Å²) in [7, 11) is 0. The highest BCUT2D eigenvalue weighted by Gasteiger charge is 2.41. The van der Waals surface area contributed by atoms with Gasteiger partial charge in [0.15, 0.2) is 5.65 Å². The maximum absolute atomic E-state index is 4.66. The second-order valence-electron chi connectivity index (χ2n) is 6.98. The molecule has 24 heavy (non-hydrogen) atoms. The van der Waals surface area contributed by atoms with Crippen molar-refractivity contribution in [1.82, 2.24) is 29.5 Å². The molecule has 6 nitrogen and oxygen atoms in total. The lowest BCUT2D eigenvalue weighted by Gasteiger charge is -2.36. The Morgan fingerprint density at radius 2 is 1.92 bits per heavy atom. The van der Waals surface area contributed by atoms with Gasteiger partial charge in [0.05, 0.1) is 11.4 Å². The van der Waals surface area contributed by atoms with Crippen LogP contribution in [0.2, 0.25) is 0 Å². The molecular formula is C18H20N6. The Morgan fingerprint density at radius 3 is 2.75 bits per heavy atom. The fourth-order valence-corrected chi connectivity index (χ4v) is 4.26. The van der Waals surface area contributed by atoms with Crippen LogP contribution in [-0.4, -0.2) is 35.5 Å². The minimum absolute atomic E-state index is 0.432. The minimum atomic E-state index is 0.432. The summed E-state index contributed by atoms with van der Waals surface area (Å²) in [5, 5.41) is 4.66. The van der Waals surface area contributed by atoms with Crippen LogP contribution in [0, 0.1) is 13.8 Å². The predicted molar refractivity (Wildman–Crippen MR) is 89.5 cm³/mol. The van der Waals surface area contributed by atoms with Crippen LogP contribution in [0.25, 0.3) is 5.65 Å². The van der Waals surface area contributed by atoms with Crippen molar-refractivity contribution in [2.75, 3.05) is 0 Å². The normalized spacial score (nSPS) is 22.9. The van der Waals surface area contributed by atoms with Crippen LogP contribution >= 0.6 is 0 Å². The van der Waals surface area contributed by atoms with Crippen molar-refractivity contribution in [2.24, 2.45) is 0 Å². The van der Waals surface area contributed by atoms with E-state index in [-0.39, 0.29) is 0 Å². The van der Waals surface area contributed by atoms with Crippen LogP contribution in [0.4, 0.5) is 0 Å². The third-order valence-electron chi connectivity index (χ3n) is 5.37. The Morgan fingerprint density at radius 1 is 1.08 bits per heavy atom. The maximum Gasteiger partial charge on any atom is 0.155 e. The molecule has 122 valence electrons. The molecule has 2 bridgehead atoms. The number of aromatic nitrogens is 5. The molecule has 6 heteroatoms. The Kier molecular flexibility index (Phi) is 2.97. The fraction of sp³-hybridized carbons (Fsp3) is 0.444. The van der Waals surface area contributed by atoms with Gasteiger partial charge in [-0.15, -0.1) is 0 Å². The highest BCUT2D eigenvalue weighted by atomic mass is 15.3. The smallest absolute Gasteiger partial charge is 0.155 e. The largest absolute Gasteiger partial charge is 0.289 e. The number of hydrogen-bond donors (Lipinski definition) is 0. The van der Waals surface area contributed by atoms with Gasteiger partial charge < -0.3 is 0 Å². The van der Waals surface area contributed by atoms with Gasteiger partial charge in [0.2, 0.25) is 0 Å². The van der Waals surface area contributed by atoms with Crippen molar-refractivity contribution in [3.05, 3.63) is 53.0 Å². The molecule has 0 N–H and O–H groups in total. The first-order chi connectivity index (χ1) is 11.7. The van der Waals surface area contributed by atoms with Crippen molar-refractivity contribution >= 4 is 5.65 Å². The van der Waals surface area contributed by atoms with Crippen molar-refractivity contribution in [2.45, 2.75) is 51.7 Å². The summed E-state index contributed by atoms with van der Waals surface area (Å²) in [4.78, 5) is 15.9. The molecule has 2 aliphatic heterocycles. The summed E-state index contributed by atoms with van der Waals surface area (Å²) in [5.41, 5.74) is 5.86. The van der Waals surface area contributed by atoms with Gasteiger partial charge >= 0.3 is 0 Å². The first kappa shape index (κ1) is 14.0. The number of hydrogen-bond acceptors (Lipinski definition) is 5. The number of rotatable bonds is 2. The highest BCUT2D eigenvalue weighted by molar-refractivity contribution is 5.44. The lowest BCUT2D eigenvalue weighted by atomic mass is 9.98. The second-order valence-corrected chi connectivity index (χ2v) is 6.98. The third kappa shape index (κ3) is 2.06. The molecule has 3 aromatic heterocycles. The molecule has 5 rings (SSSR count). The van der Waals surface area contributed by atoms with Crippen LogP contribution < -0.4 is 0 Å². The van der Waals surface area contributed by atoms with Gasteiger partial charge in [0, 0.05) is 60.8 Å². The summed E-state index contributed by atoms with van der Waals surface area (Å²) >= 11 is 0. The van der Waals surface area contributed by atoms with Gasteiger partial charge in [-0.1, -0.05) is 0 Å². The van der Waals surface area contributed by atoms with Crippen LogP contribution in [-0.2, 0) is 13.0 Å². The Hall–Kier alpha value is -2.34. The van der Waals surface area contributed by atoms with E-state index < -0.39 is 0 Å². The van der Waals surface area contributed by atoms with E-state index >= 15 is 0 Å². The Bertz CT molecular complexity index is 913. The number of nitrogens with zero attached hydrogens (tertiary/aromatic N) is 6. The molecule has 5 heterocycles. The highest BCUT2D eigenvalue weighted by Crippen LogP contribution is 2.44. The lowest BCUT2D eigenvalue weighted by Crippen LogP contribution is -2.38. The first-order valence-corrected chi connectivity index (χ1v) is 8.56. The molecule has 2 atom stereocenters. The second kappa shape index (κ2) is 5.08. The minimum Gasteiger partial charge on any atom is -0.289 e. The van der Waals surface area contributed by atoms with Crippen LogP contribution in [0.15, 0.2) is 24.7 Å². The average molecular weight is 320 g/mol. The van der Waals surface area contributed by atoms with Crippen molar-refractivity contribution in [3.8, 4) is 0 Å². The molecule has 0 saturated carbocycles. The summed E-state index contributed by atoms with van der Waals surface area (Å²) in [5.74, 6) is 0.825. The van der Waals surface area contributed by atoms with Crippen molar-refractivity contribution in [3.63, 3.8) is 0 Å². The zero-order valence-corrected chi connectivity index (χ0v) is 14.0. The average Bonchev–Trinajstić information content (AvgIpc) is 3.08. The van der Waals surface area contributed by atoms with E-state index in [9.17, 15) is 0 Å². The molecule has 0 amide bonds. The van der Waals surface area contributed by atoms with Gasteiger partial charge in [-0.2, -0.15) is 5.10 Å². The number of fused-ring (bicyclic) bond motifs is 6. The fourth-order valence-electron chi connectivity index (χ4n) is 4.26.